The number of aromatic hydroxyl groups is 1. The molecule has 0 radical (unpaired) electrons. The molecule has 5 aromatic heterocycles. The van der Waals surface area contributed by atoms with Crippen molar-refractivity contribution in [1.29, 1.82) is 0 Å². The van der Waals surface area contributed by atoms with Gasteiger partial charge < -0.3 is 19.2 Å². The van der Waals surface area contributed by atoms with Crippen LogP contribution in [0.15, 0.2) is 53.0 Å². The number of aromatic nitrogens is 3. The number of rotatable bonds is 13. The van der Waals surface area contributed by atoms with Crippen LogP contribution in [-0.4, -0.2) is 30.8 Å². The van der Waals surface area contributed by atoms with Gasteiger partial charge in [-0.3, -0.25) is 4.79 Å². The number of amides is 1. The molecule has 0 aliphatic carbocycles. The van der Waals surface area contributed by atoms with E-state index < -0.39 is 0 Å². The number of fused-ring (bicyclic) bond motifs is 3. The number of unbranched alkanes of at least 4 members (excludes halogenated alkanes) is 6. The van der Waals surface area contributed by atoms with Gasteiger partial charge in [0.2, 0.25) is 0 Å². The zero-order chi connectivity index (χ0) is 31.9. The summed E-state index contributed by atoms with van der Waals surface area (Å²) in [5.41, 5.74) is 8.99. The topological polar surface area (TPSA) is 75.3 Å². The predicted molar refractivity (Wildman–Crippen MR) is 194 cm³/mol. The van der Waals surface area contributed by atoms with Crippen LogP contribution >= 0.6 is 22.7 Å². The number of hydrogen-bond acceptors (Lipinski definition) is 4. The smallest absolute Gasteiger partial charge is 0.280 e. The lowest BCUT2D eigenvalue weighted by atomic mass is 9.93. The van der Waals surface area contributed by atoms with Gasteiger partial charge in [-0.25, -0.2) is 4.99 Å². The molecule has 0 spiro atoms. The van der Waals surface area contributed by atoms with Crippen LogP contribution in [0, 0.1) is 0 Å². The van der Waals surface area contributed by atoms with Crippen molar-refractivity contribution in [2.45, 2.75) is 78.1 Å². The quantitative estimate of drug-likeness (QED) is 0.122. The molecule has 6 nitrogen and oxygen atoms in total. The van der Waals surface area contributed by atoms with E-state index in [2.05, 4.69) is 77.5 Å². The molecule has 8 heteroatoms. The number of aromatic amines is 1. The molecular weight excluding hydrogens is 609 g/mol. The van der Waals surface area contributed by atoms with E-state index in [1.54, 1.807) is 11.3 Å². The lowest BCUT2D eigenvalue weighted by Gasteiger charge is -2.15. The summed E-state index contributed by atoms with van der Waals surface area (Å²) < 4.78 is 4.74. The van der Waals surface area contributed by atoms with Crippen molar-refractivity contribution in [1.82, 2.24) is 14.1 Å². The Morgan fingerprint density at radius 2 is 1.54 bits per heavy atom. The average Bonchev–Trinajstić information content (AvgIpc) is 3.89. The molecule has 7 rings (SSSR count). The van der Waals surface area contributed by atoms with Gasteiger partial charge in [-0.15, -0.1) is 22.7 Å². The van der Waals surface area contributed by atoms with Crippen molar-refractivity contribution in [3.63, 3.8) is 0 Å². The Morgan fingerprint density at radius 3 is 2.24 bits per heavy atom. The summed E-state index contributed by atoms with van der Waals surface area (Å²) in [6.07, 6.45) is 14.3. The molecule has 1 aliphatic rings. The third-order valence-electron chi connectivity index (χ3n) is 9.59. The molecule has 6 heterocycles. The normalized spacial score (nSPS) is 13.0. The summed E-state index contributed by atoms with van der Waals surface area (Å²) in [7, 11) is 4.41. The molecule has 0 saturated carbocycles. The minimum Gasteiger partial charge on any atom is -0.494 e. The molecule has 6 aromatic rings. The lowest BCUT2D eigenvalue weighted by Crippen LogP contribution is -2.01. The fraction of sp³-hybridized carbons (Fsp3) is 0.368. The molecule has 0 unspecified atom stereocenters. The van der Waals surface area contributed by atoms with Gasteiger partial charge in [0.25, 0.3) is 5.91 Å². The molecule has 46 heavy (non-hydrogen) atoms. The van der Waals surface area contributed by atoms with Gasteiger partial charge in [0.15, 0.2) is 5.88 Å². The first kappa shape index (κ1) is 30.8. The van der Waals surface area contributed by atoms with Gasteiger partial charge in [0.05, 0.1) is 53.9 Å². The first-order valence-electron chi connectivity index (χ1n) is 16.7. The molecule has 1 amide bonds. The van der Waals surface area contributed by atoms with Crippen LogP contribution in [0.4, 0.5) is 0 Å². The van der Waals surface area contributed by atoms with E-state index in [1.807, 2.05) is 17.5 Å². The lowest BCUT2D eigenvalue weighted by molar-refractivity contribution is 0.101. The average molecular weight is 651 g/mol. The molecule has 238 valence electrons. The number of H-pyrrole nitrogens is 1. The molecule has 0 atom stereocenters. The van der Waals surface area contributed by atoms with Gasteiger partial charge in [0.1, 0.15) is 0 Å². The zero-order valence-corrected chi connectivity index (χ0v) is 28.8. The van der Waals surface area contributed by atoms with E-state index in [0.29, 0.717) is 22.5 Å². The second-order valence-corrected chi connectivity index (χ2v) is 14.7. The summed E-state index contributed by atoms with van der Waals surface area (Å²) in [6, 6.07) is 12.8. The maximum atomic E-state index is 13.2. The number of thiophene rings is 2. The Labute approximate surface area is 278 Å². The van der Waals surface area contributed by atoms with E-state index in [1.165, 1.54) is 101 Å². The van der Waals surface area contributed by atoms with Gasteiger partial charge in [-0.2, -0.15) is 0 Å². The molecular formula is C38H42N4O2S2. The van der Waals surface area contributed by atoms with Gasteiger partial charge in [-0.1, -0.05) is 58.4 Å². The standard InChI is InChI=1S/C38H42N4O2S2/c1-5-7-9-11-14-23-25-19-20-41(3)35(25)24(15-12-10-8-6-2)26-22-27(42(4)36(23)26)28-17-18-30(46-28)34-32-31(37(43)40-34)33(39-38(32)44)29-16-13-21-45-29/h13,16-22,40,43H,5-12,14-15H2,1-4H3. The number of carbonyl (C=O) groups excluding carboxylic acids is 1. The zero-order valence-electron chi connectivity index (χ0n) is 27.2. The maximum Gasteiger partial charge on any atom is 0.280 e. The third-order valence-corrected chi connectivity index (χ3v) is 11.6. The van der Waals surface area contributed by atoms with Crippen LogP contribution < -0.4 is 0 Å². The van der Waals surface area contributed by atoms with E-state index in [0.717, 1.165) is 27.5 Å². The van der Waals surface area contributed by atoms with Crippen LogP contribution in [-0.2, 0) is 26.9 Å². The van der Waals surface area contributed by atoms with Crippen LogP contribution in [0.2, 0.25) is 0 Å². The van der Waals surface area contributed by atoms with Crippen LogP contribution in [0.5, 0.6) is 5.88 Å². The van der Waals surface area contributed by atoms with Crippen molar-refractivity contribution in [3.8, 4) is 27.0 Å². The van der Waals surface area contributed by atoms with Crippen molar-refractivity contribution in [3.05, 3.63) is 75.1 Å². The molecule has 0 bridgehead atoms. The van der Waals surface area contributed by atoms with Crippen LogP contribution in [0.3, 0.4) is 0 Å². The maximum absolute atomic E-state index is 13.2. The summed E-state index contributed by atoms with van der Waals surface area (Å²) in [5, 5.41) is 15.7. The molecule has 0 fully saturated rings. The first-order chi connectivity index (χ1) is 22.4. The van der Waals surface area contributed by atoms with Gasteiger partial charge in [-0.05, 0) is 72.5 Å². The number of aryl methyl sites for hydroxylation is 4. The summed E-state index contributed by atoms with van der Waals surface area (Å²) in [6.45, 7) is 4.54. The van der Waals surface area contributed by atoms with Crippen molar-refractivity contribution in [2.75, 3.05) is 0 Å². The number of carbonyl (C=O) groups is 1. The van der Waals surface area contributed by atoms with Crippen molar-refractivity contribution in [2.24, 2.45) is 19.1 Å². The van der Waals surface area contributed by atoms with E-state index in [4.69, 9.17) is 0 Å². The Balaban J connectivity index is 1.33. The molecule has 0 saturated heterocycles. The number of aliphatic imine (C=N–C) groups is 1. The fourth-order valence-electron chi connectivity index (χ4n) is 7.33. The minimum absolute atomic E-state index is 0.00493. The highest BCUT2D eigenvalue weighted by atomic mass is 32.1. The Morgan fingerprint density at radius 1 is 0.826 bits per heavy atom. The summed E-state index contributed by atoms with van der Waals surface area (Å²) >= 11 is 3.16. The Bertz CT molecular complexity index is 2070. The van der Waals surface area contributed by atoms with E-state index in [9.17, 15) is 9.90 Å². The predicted octanol–water partition coefficient (Wildman–Crippen LogP) is 10.4. The number of nitrogens with zero attached hydrogens (tertiary/aromatic N) is 3. The third kappa shape index (κ3) is 5.16. The molecule has 1 aromatic carbocycles. The highest BCUT2D eigenvalue weighted by Crippen LogP contribution is 2.45. The largest absolute Gasteiger partial charge is 0.494 e. The second kappa shape index (κ2) is 12.7. The minimum atomic E-state index is -0.309. The Hall–Kier alpha value is -3.88. The van der Waals surface area contributed by atoms with E-state index in [-0.39, 0.29) is 11.8 Å². The Kier molecular flexibility index (Phi) is 8.51. The fourth-order valence-corrected chi connectivity index (χ4v) is 9.12. The highest BCUT2D eigenvalue weighted by Gasteiger charge is 2.34. The molecule has 1 aliphatic heterocycles. The van der Waals surface area contributed by atoms with Gasteiger partial charge >= 0.3 is 0 Å². The SMILES string of the molecule is CCCCCCc1c2cc(-c3ccc(-c4[nH]c(O)c5c4C(=O)N=C5c4cccs4)s3)n(C)c2c(CCCCCC)c2ccn(C)c12. The van der Waals surface area contributed by atoms with Crippen LogP contribution in [0.1, 0.15) is 97.1 Å². The second-order valence-electron chi connectivity index (χ2n) is 12.6. The first-order valence-corrected chi connectivity index (χ1v) is 18.4. The van der Waals surface area contributed by atoms with Crippen molar-refractivity contribution < 1.29 is 9.90 Å². The van der Waals surface area contributed by atoms with Crippen molar-refractivity contribution >= 4 is 56.1 Å². The monoisotopic (exact) mass is 650 g/mol. The van der Waals surface area contributed by atoms with E-state index >= 15 is 0 Å². The van der Waals surface area contributed by atoms with Crippen LogP contribution in [0.25, 0.3) is 42.9 Å². The summed E-state index contributed by atoms with van der Waals surface area (Å²) in [5.74, 6) is -0.314. The van der Waals surface area contributed by atoms with Gasteiger partial charge in [0, 0.05) is 31.1 Å². The number of nitrogens with one attached hydrogen (secondary N) is 1. The number of hydrogen-bond donors (Lipinski definition) is 2. The number of benzene rings is 1. The highest BCUT2D eigenvalue weighted by molar-refractivity contribution is 7.18. The summed E-state index contributed by atoms with van der Waals surface area (Å²) in [4.78, 5) is 23.6. The molecule has 2 N–H and O–H groups in total.